The van der Waals surface area contributed by atoms with Crippen molar-refractivity contribution >= 4 is 68.3 Å². The molecule has 0 saturated heterocycles. The van der Waals surface area contributed by atoms with Gasteiger partial charge in [0.1, 0.15) is 16.5 Å². The van der Waals surface area contributed by atoms with Crippen molar-refractivity contribution in [1.82, 2.24) is 0 Å². The van der Waals surface area contributed by atoms with Crippen molar-refractivity contribution < 1.29 is 27.1 Å². The van der Waals surface area contributed by atoms with E-state index in [2.05, 4.69) is 5.32 Å². The largest absolute Gasteiger partial charge is 0.493 e. The second kappa shape index (κ2) is 11.5. The first-order valence-electron chi connectivity index (χ1n) is 9.90. The van der Waals surface area contributed by atoms with Crippen molar-refractivity contribution in [2.24, 2.45) is 0 Å². The Labute approximate surface area is 225 Å². The first kappa shape index (κ1) is 27.8. The maximum absolute atomic E-state index is 12.7. The number of amides is 1. The van der Waals surface area contributed by atoms with Crippen LogP contribution in [0.2, 0.25) is 15.1 Å². The molecule has 1 amide bonds. The Hall–Kier alpha value is -3.82. The number of carbonyl (C=O) groups is 1. The van der Waals surface area contributed by atoms with Crippen molar-refractivity contribution in [2.45, 2.75) is 4.90 Å². The van der Waals surface area contributed by atoms with E-state index < -0.39 is 26.5 Å². The van der Waals surface area contributed by atoms with Gasteiger partial charge in [-0.3, -0.25) is 14.9 Å². The maximum Gasteiger partial charge on any atom is 0.339 e. The maximum atomic E-state index is 12.7. The van der Waals surface area contributed by atoms with Gasteiger partial charge in [0.25, 0.3) is 11.6 Å². The molecule has 14 heteroatoms. The third kappa shape index (κ3) is 6.49. The molecule has 3 aromatic carbocycles. The van der Waals surface area contributed by atoms with Crippen molar-refractivity contribution in [2.75, 3.05) is 12.4 Å². The Morgan fingerprint density at radius 3 is 2.24 bits per heavy atom. The van der Waals surface area contributed by atoms with E-state index in [1.165, 1.54) is 43.5 Å². The third-order valence-electron chi connectivity index (χ3n) is 4.63. The molecule has 37 heavy (non-hydrogen) atoms. The number of non-ortho nitro benzene ring substituents is 1. The van der Waals surface area contributed by atoms with Crippen LogP contribution in [0.15, 0.2) is 65.1 Å². The van der Waals surface area contributed by atoms with Gasteiger partial charge in [-0.05, 0) is 35.9 Å². The molecule has 0 radical (unpaired) electrons. The summed E-state index contributed by atoms with van der Waals surface area (Å²) in [5, 5.41) is 22.2. The summed E-state index contributed by atoms with van der Waals surface area (Å²) in [6.07, 6.45) is 1.15. The zero-order valence-corrected chi connectivity index (χ0v) is 21.7. The summed E-state index contributed by atoms with van der Waals surface area (Å²) < 4.78 is 35.6. The first-order chi connectivity index (χ1) is 17.5. The summed E-state index contributed by atoms with van der Waals surface area (Å²) in [7, 11) is -2.99. The molecule has 10 nitrogen and oxygen atoms in total. The van der Waals surface area contributed by atoms with Crippen LogP contribution in [0.25, 0.3) is 6.08 Å². The molecule has 0 bridgehead atoms. The fourth-order valence-electron chi connectivity index (χ4n) is 2.93. The molecule has 0 aliphatic heterocycles. The Morgan fingerprint density at radius 2 is 1.70 bits per heavy atom. The van der Waals surface area contributed by atoms with Gasteiger partial charge in [-0.2, -0.15) is 13.7 Å². The van der Waals surface area contributed by atoms with Crippen LogP contribution in [0.4, 0.5) is 11.4 Å². The second-order valence-corrected chi connectivity index (χ2v) is 9.82. The van der Waals surface area contributed by atoms with E-state index in [0.29, 0.717) is 0 Å². The van der Waals surface area contributed by atoms with E-state index >= 15 is 0 Å². The molecule has 0 aliphatic rings. The average molecular weight is 583 g/mol. The molecule has 0 aromatic heterocycles. The lowest BCUT2D eigenvalue weighted by atomic mass is 10.1. The molecular formula is C23H14Cl3N3O7S. The van der Waals surface area contributed by atoms with Crippen LogP contribution in [0.1, 0.15) is 5.56 Å². The van der Waals surface area contributed by atoms with Crippen LogP contribution in [0.5, 0.6) is 11.5 Å². The summed E-state index contributed by atoms with van der Waals surface area (Å²) in [6, 6.07) is 13.6. The van der Waals surface area contributed by atoms with E-state index in [0.717, 1.165) is 18.2 Å². The van der Waals surface area contributed by atoms with Crippen LogP contribution in [-0.4, -0.2) is 26.4 Å². The van der Waals surface area contributed by atoms with Gasteiger partial charge in [0.05, 0.1) is 32.8 Å². The Kier molecular flexibility index (Phi) is 8.62. The number of nitro benzene ring substituents is 1. The highest BCUT2D eigenvalue weighted by Gasteiger charge is 2.23. The molecule has 190 valence electrons. The number of ether oxygens (including phenoxy) is 1. The van der Waals surface area contributed by atoms with E-state index in [1.54, 1.807) is 12.1 Å². The predicted molar refractivity (Wildman–Crippen MR) is 138 cm³/mol. The van der Waals surface area contributed by atoms with Crippen LogP contribution in [0.3, 0.4) is 0 Å². The number of nitro groups is 1. The number of methoxy groups -OCH3 is 1. The summed E-state index contributed by atoms with van der Waals surface area (Å²) in [5.41, 5.74) is -0.749. The molecule has 3 rings (SSSR count). The van der Waals surface area contributed by atoms with Crippen molar-refractivity contribution in [3.63, 3.8) is 0 Å². The summed E-state index contributed by atoms with van der Waals surface area (Å²) in [5.74, 6) is -1.31. The van der Waals surface area contributed by atoms with Crippen LogP contribution in [0, 0.1) is 21.4 Å². The number of halogens is 3. The highest BCUT2D eigenvalue weighted by molar-refractivity contribution is 7.87. The molecule has 0 unspecified atom stereocenters. The lowest BCUT2D eigenvalue weighted by molar-refractivity contribution is -0.384. The molecule has 0 atom stereocenters. The van der Waals surface area contributed by atoms with Crippen LogP contribution < -0.4 is 14.2 Å². The molecule has 0 spiro atoms. The topological polar surface area (TPSA) is 149 Å². The SMILES string of the molecule is COc1cc(/C=C(\C#N)C(=O)Nc2c(Cl)cc([N+](=O)[O-])cc2Cl)cc(Cl)c1OS(=O)(=O)c1ccccc1. The number of benzene rings is 3. The second-order valence-electron chi connectivity index (χ2n) is 7.05. The van der Waals surface area contributed by atoms with Gasteiger partial charge in [-0.25, -0.2) is 0 Å². The first-order valence-corrected chi connectivity index (χ1v) is 12.4. The zero-order valence-electron chi connectivity index (χ0n) is 18.6. The molecule has 0 saturated carbocycles. The quantitative estimate of drug-likeness (QED) is 0.114. The number of hydrogen-bond donors (Lipinski definition) is 1. The minimum Gasteiger partial charge on any atom is -0.493 e. The van der Waals surface area contributed by atoms with Crippen molar-refractivity contribution in [1.29, 1.82) is 5.26 Å². The number of rotatable bonds is 8. The summed E-state index contributed by atoms with van der Waals surface area (Å²) in [6.45, 7) is 0. The van der Waals surface area contributed by atoms with Gasteiger partial charge >= 0.3 is 10.1 Å². The zero-order chi connectivity index (χ0) is 27.3. The number of nitrogens with zero attached hydrogens (tertiary/aromatic N) is 2. The molecule has 3 aromatic rings. The van der Waals surface area contributed by atoms with E-state index in [-0.39, 0.29) is 48.4 Å². The molecule has 1 N–H and O–H groups in total. The lowest BCUT2D eigenvalue weighted by Crippen LogP contribution is -2.14. The number of nitriles is 1. The fourth-order valence-corrected chi connectivity index (χ4v) is 4.78. The standard InChI is InChI=1S/C23H14Cl3N3O7S/c1-35-20-9-13(8-19(26)22(20)36-37(33,34)16-5-3-2-4-6-16)7-14(12-27)23(30)28-21-17(24)10-15(29(31)32)11-18(21)25/h2-11H,1H3,(H,28,30)/b14-7+. The number of nitrogens with one attached hydrogen (secondary N) is 1. The Balaban J connectivity index is 1.93. The monoisotopic (exact) mass is 581 g/mol. The molecular weight excluding hydrogens is 569 g/mol. The fraction of sp³-hybridized carbons (Fsp3) is 0.0435. The van der Waals surface area contributed by atoms with Gasteiger partial charge in [0.15, 0.2) is 5.75 Å². The van der Waals surface area contributed by atoms with E-state index in [9.17, 15) is 28.6 Å². The summed E-state index contributed by atoms with van der Waals surface area (Å²) >= 11 is 18.3. The molecule has 0 heterocycles. The van der Waals surface area contributed by atoms with Gasteiger partial charge in [-0.1, -0.05) is 53.0 Å². The van der Waals surface area contributed by atoms with Crippen LogP contribution >= 0.6 is 34.8 Å². The van der Waals surface area contributed by atoms with Gasteiger partial charge < -0.3 is 14.2 Å². The molecule has 0 fully saturated rings. The number of anilines is 1. The average Bonchev–Trinajstić information content (AvgIpc) is 2.86. The van der Waals surface area contributed by atoms with Gasteiger partial charge in [-0.15, -0.1) is 0 Å². The highest BCUT2D eigenvalue weighted by Crippen LogP contribution is 2.39. The minimum absolute atomic E-state index is 0.0857. The van der Waals surface area contributed by atoms with Crippen molar-refractivity contribution in [3.05, 3.63) is 90.9 Å². The smallest absolute Gasteiger partial charge is 0.339 e. The Bertz CT molecular complexity index is 1550. The number of carbonyl (C=O) groups excluding carboxylic acids is 1. The molecule has 0 aliphatic carbocycles. The predicted octanol–water partition coefficient (Wildman–Crippen LogP) is 5.88. The summed E-state index contributed by atoms with van der Waals surface area (Å²) in [4.78, 5) is 22.8. The van der Waals surface area contributed by atoms with Crippen molar-refractivity contribution in [3.8, 4) is 17.6 Å². The Morgan fingerprint density at radius 1 is 1.08 bits per heavy atom. The normalized spacial score (nSPS) is 11.4. The third-order valence-corrected chi connectivity index (χ3v) is 6.74. The minimum atomic E-state index is -4.24. The van der Waals surface area contributed by atoms with E-state index in [4.69, 9.17) is 43.7 Å². The van der Waals surface area contributed by atoms with Gasteiger partial charge in [0, 0.05) is 12.1 Å². The number of hydrogen-bond acceptors (Lipinski definition) is 8. The van der Waals surface area contributed by atoms with Crippen LogP contribution in [-0.2, 0) is 14.9 Å². The van der Waals surface area contributed by atoms with E-state index in [1.807, 2.05) is 0 Å². The van der Waals surface area contributed by atoms with Gasteiger partial charge in [0.2, 0.25) is 5.75 Å². The highest BCUT2D eigenvalue weighted by atomic mass is 35.5. The lowest BCUT2D eigenvalue weighted by Gasteiger charge is -2.13.